The predicted octanol–water partition coefficient (Wildman–Crippen LogP) is 3.51. The second-order valence-corrected chi connectivity index (χ2v) is 8.15. The summed E-state index contributed by atoms with van der Waals surface area (Å²) >= 11 is 5.95. The quantitative estimate of drug-likeness (QED) is 0.785. The zero-order valence-corrected chi connectivity index (χ0v) is 17.3. The minimum absolute atomic E-state index is 0.396. The lowest BCUT2D eigenvalue weighted by Gasteiger charge is -2.42. The summed E-state index contributed by atoms with van der Waals surface area (Å²) in [7, 11) is 4.08. The molecule has 0 spiro atoms. The second-order valence-electron chi connectivity index (χ2n) is 7.71. The molecule has 6 heteroatoms. The third kappa shape index (κ3) is 5.11. The smallest absolute Gasteiger partial charge is 0.0916 e. The fourth-order valence-electron chi connectivity index (χ4n) is 4.33. The lowest BCUT2D eigenvalue weighted by Crippen LogP contribution is -2.43. The molecule has 3 atom stereocenters. The standard InChI is InChI=1S/C21H31ClN4O/c1-4-26-11-5-6-17(21(26)18-12-23-25(3)14-18)13-24(2)15-20(27)16-7-9-19(22)10-8-16/h7-10,12,14,17,20-21,27H,4-6,11,13,15H2,1-3H3/t17-,20-,21+/m0/s1. The molecule has 1 aromatic carbocycles. The summed E-state index contributed by atoms with van der Waals surface area (Å²) in [5.74, 6) is 0.533. The summed E-state index contributed by atoms with van der Waals surface area (Å²) < 4.78 is 1.89. The molecular weight excluding hydrogens is 360 g/mol. The number of piperidine rings is 1. The van der Waals surface area contributed by atoms with Crippen molar-refractivity contribution in [3.8, 4) is 0 Å². The Hall–Kier alpha value is -1.40. The van der Waals surface area contributed by atoms with Crippen LogP contribution in [0, 0.1) is 5.92 Å². The Kier molecular flexibility index (Phi) is 6.93. The molecule has 5 nitrogen and oxygen atoms in total. The van der Waals surface area contributed by atoms with E-state index in [4.69, 9.17) is 11.6 Å². The zero-order valence-electron chi connectivity index (χ0n) is 16.6. The van der Waals surface area contributed by atoms with Crippen LogP contribution in [-0.2, 0) is 7.05 Å². The van der Waals surface area contributed by atoms with Gasteiger partial charge in [0.25, 0.3) is 0 Å². The van der Waals surface area contributed by atoms with Gasteiger partial charge in [0.05, 0.1) is 12.3 Å². The van der Waals surface area contributed by atoms with Gasteiger partial charge in [0, 0.05) is 43.0 Å². The topological polar surface area (TPSA) is 44.5 Å². The number of hydrogen-bond acceptors (Lipinski definition) is 4. The van der Waals surface area contributed by atoms with Gasteiger partial charge in [-0.2, -0.15) is 5.10 Å². The zero-order chi connectivity index (χ0) is 19.4. The molecule has 1 aromatic heterocycles. The van der Waals surface area contributed by atoms with E-state index >= 15 is 0 Å². The average molecular weight is 391 g/mol. The highest BCUT2D eigenvalue weighted by atomic mass is 35.5. The summed E-state index contributed by atoms with van der Waals surface area (Å²) in [6, 6.07) is 7.86. The van der Waals surface area contributed by atoms with Crippen molar-refractivity contribution in [3.05, 3.63) is 52.8 Å². The minimum Gasteiger partial charge on any atom is -0.387 e. The van der Waals surface area contributed by atoms with Crippen molar-refractivity contribution in [2.24, 2.45) is 13.0 Å². The lowest BCUT2D eigenvalue weighted by atomic mass is 9.85. The van der Waals surface area contributed by atoms with Gasteiger partial charge in [-0.15, -0.1) is 0 Å². The number of aromatic nitrogens is 2. The third-order valence-corrected chi connectivity index (χ3v) is 5.87. The Morgan fingerprint density at radius 2 is 2.07 bits per heavy atom. The Morgan fingerprint density at radius 1 is 1.33 bits per heavy atom. The van der Waals surface area contributed by atoms with Crippen molar-refractivity contribution in [2.75, 3.05) is 33.2 Å². The molecule has 1 saturated heterocycles. The van der Waals surface area contributed by atoms with E-state index in [2.05, 4.69) is 35.1 Å². The molecular formula is C21H31ClN4O. The number of aliphatic hydroxyl groups is 1. The molecule has 148 valence electrons. The van der Waals surface area contributed by atoms with Gasteiger partial charge in [0.15, 0.2) is 0 Å². The molecule has 2 heterocycles. The van der Waals surface area contributed by atoms with Crippen molar-refractivity contribution < 1.29 is 5.11 Å². The van der Waals surface area contributed by atoms with Crippen molar-refractivity contribution in [2.45, 2.75) is 31.9 Å². The molecule has 0 bridgehead atoms. The largest absolute Gasteiger partial charge is 0.387 e. The molecule has 27 heavy (non-hydrogen) atoms. The van der Waals surface area contributed by atoms with Crippen LogP contribution >= 0.6 is 11.6 Å². The van der Waals surface area contributed by atoms with Crippen LogP contribution in [0.2, 0.25) is 5.02 Å². The molecule has 3 rings (SSSR count). The Labute approximate surface area is 167 Å². The number of halogens is 1. The van der Waals surface area contributed by atoms with Crippen LogP contribution in [-0.4, -0.2) is 57.9 Å². The normalized spacial score (nSPS) is 22.3. The van der Waals surface area contributed by atoms with Gasteiger partial charge in [-0.3, -0.25) is 9.58 Å². The van der Waals surface area contributed by atoms with Crippen LogP contribution in [0.4, 0.5) is 0 Å². The van der Waals surface area contributed by atoms with Gasteiger partial charge in [0.1, 0.15) is 0 Å². The van der Waals surface area contributed by atoms with Gasteiger partial charge < -0.3 is 10.0 Å². The molecule has 0 unspecified atom stereocenters. The predicted molar refractivity (Wildman–Crippen MR) is 110 cm³/mol. The number of likely N-dealkylation sites (N-methyl/N-ethyl adjacent to an activating group) is 1. The molecule has 0 radical (unpaired) electrons. The van der Waals surface area contributed by atoms with Gasteiger partial charge >= 0.3 is 0 Å². The Balaban J connectivity index is 1.67. The van der Waals surface area contributed by atoms with Gasteiger partial charge in [-0.25, -0.2) is 0 Å². The van der Waals surface area contributed by atoms with Crippen LogP contribution < -0.4 is 0 Å². The molecule has 0 amide bonds. The first-order chi connectivity index (χ1) is 13.0. The SMILES string of the molecule is CCN1CCC[C@@H](CN(C)C[C@H](O)c2ccc(Cl)cc2)[C@@H]1c1cnn(C)c1. The molecule has 1 aliphatic rings. The molecule has 2 aromatic rings. The number of hydrogen-bond donors (Lipinski definition) is 1. The summed E-state index contributed by atoms with van der Waals surface area (Å²) in [6.45, 7) is 6.00. The average Bonchev–Trinajstić information content (AvgIpc) is 3.07. The van der Waals surface area contributed by atoms with E-state index in [1.54, 1.807) is 0 Å². The van der Waals surface area contributed by atoms with Gasteiger partial charge in [-0.1, -0.05) is 30.7 Å². The minimum atomic E-state index is -0.505. The fraction of sp³-hybridized carbons (Fsp3) is 0.571. The van der Waals surface area contributed by atoms with Crippen molar-refractivity contribution in [1.82, 2.24) is 19.6 Å². The van der Waals surface area contributed by atoms with E-state index in [1.165, 1.54) is 18.4 Å². The highest BCUT2D eigenvalue weighted by Gasteiger charge is 2.33. The second kappa shape index (κ2) is 9.20. The van der Waals surface area contributed by atoms with Crippen molar-refractivity contribution in [3.63, 3.8) is 0 Å². The highest BCUT2D eigenvalue weighted by molar-refractivity contribution is 6.30. The number of likely N-dealkylation sites (tertiary alicyclic amines) is 1. The lowest BCUT2D eigenvalue weighted by molar-refractivity contribution is 0.0597. The maximum Gasteiger partial charge on any atom is 0.0916 e. The molecule has 0 saturated carbocycles. The van der Waals surface area contributed by atoms with Gasteiger partial charge in [-0.05, 0) is 56.6 Å². The van der Waals surface area contributed by atoms with Crippen molar-refractivity contribution in [1.29, 1.82) is 0 Å². The van der Waals surface area contributed by atoms with Crippen LogP contribution in [0.5, 0.6) is 0 Å². The van der Waals surface area contributed by atoms with E-state index in [0.717, 1.165) is 25.2 Å². The van der Waals surface area contributed by atoms with Crippen LogP contribution in [0.25, 0.3) is 0 Å². The fourth-order valence-corrected chi connectivity index (χ4v) is 4.46. The van der Waals surface area contributed by atoms with Crippen molar-refractivity contribution >= 4 is 11.6 Å². The first kappa shape index (κ1) is 20.3. The van der Waals surface area contributed by atoms with Crippen LogP contribution in [0.3, 0.4) is 0 Å². The summed E-state index contributed by atoms with van der Waals surface area (Å²) in [6.07, 6.45) is 6.08. The first-order valence-corrected chi connectivity index (χ1v) is 10.2. The number of nitrogens with zero attached hydrogens (tertiary/aromatic N) is 4. The number of rotatable bonds is 7. The monoisotopic (exact) mass is 390 g/mol. The van der Waals surface area contributed by atoms with E-state index in [0.29, 0.717) is 23.5 Å². The van der Waals surface area contributed by atoms with E-state index in [1.807, 2.05) is 42.2 Å². The maximum absolute atomic E-state index is 10.6. The van der Waals surface area contributed by atoms with Gasteiger partial charge in [0.2, 0.25) is 0 Å². The Bertz CT molecular complexity index is 717. The molecule has 1 fully saturated rings. The van der Waals surface area contributed by atoms with E-state index in [-0.39, 0.29) is 0 Å². The van der Waals surface area contributed by atoms with E-state index in [9.17, 15) is 5.11 Å². The van der Waals surface area contributed by atoms with Crippen LogP contribution in [0.1, 0.15) is 43.0 Å². The molecule has 0 aliphatic carbocycles. The third-order valence-electron chi connectivity index (χ3n) is 5.62. The summed E-state index contributed by atoms with van der Waals surface area (Å²) in [4.78, 5) is 4.82. The van der Waals surface area contributed by atoms with E-state index < -0.39 is 6.10 Å². The number of benzene rings is 1. The molecule has 1 aliphatic heterocycles. The maximum atomic E-state index is 10.6. The van der Waals surface area contributed by atoms with Crippen LogP contribution in [0.15, 0.2) is 36.7 Å². The first-order valence-electron chi connectivity index (χ1n) is 9.82. The number of aryl methyl sites for hydroxylation is 1. The highest BCUT2D eigenvalue weighted by Crippen LogP contribution is 2.36. The summed E-state index contributed by atoms with van der Waals surface area (Å²) in [5, 5.41) is 15.7. The Morgan fingerprint density at radius 3 is 2.70 bits per heavy atom. The summed E-state index contributed by atoms with van der Waals surface area (Å²) in [5.41, 5.74) is 2.21. The molecule has 1 N–H and O–H groups in total. The number of aliphatic hydroxyl groups excluding tert-OH is 1.